The third-order valence-corrected chi connectivity index (χ3v) is 3.28. The van der Waals surface area contributed by atoms with Gasteiger partial charge in [-0.3, -0.25) is 0 Å². The lowest BCUT2D eigenvalue weighted by Crippen LogP contribution is -2.37. The number of nitrogens with one attached hydrogen (secondary N) is 2. The van der Waals surface area contributed by atoms with E-state index in [4.69, 9.17) is 5.73 Å². The number of rotatable bonds is 9. The molecular formula is C9H23N3O2S. The summed E-state index contributed by atoms with van der Waals surface area (Å²) in [5, 5.41) is 0. The van der Waals surface area contributed by atoms with Gasteiger partial charge in [0.2, 0.25) is 0 Å². The predicted octanol–water partition coefficient (Wildman–Crippen LogP) is 0.195. The molecule has 0 aliphatic carbocycles. The Labute approximate surface area is 93.0 Å². The van der Waals surface area contributed by atoms with Crippen molar-refractivity contribution in [3.8, 4) is 0 Å². The van der Waals surface area contributed by atoms with Crippen LogP contribution in [0.25, 0.3) is 0 Å². The highest BCUT2D eigenvalue weighted by molar-refractivity contribution is 7.87. The van der Waals surface area contributed by atoms with Gasteiger partial charge in [-0.15, -0.1) is 0 Å². The molecule has 0 aromatic carbocycles. The molecule has 0 heterocycles. The van der Waals surface area contributed by atoms with E-state index in [1.807, 2.05) is 6.92 Å². The molecule has 1 atom stereocenters. The molecule has 0 aromatic rings. The van der Waals surface area contributed by atoms with Crippen LogP contribution in [0, 0.1) is 5.92 Å². The highest BCUT2D eigenvalue weighted by Gasteiger charge is 2.07. The Morgan fingerprint density at radius 3 is 2.40 bits per heavy atom. The van der Waals surface area contributed by atoms with E-state index in [1.165, 1.54) is 0 Å². The van der Waals surface area contributed by atoms with Gasteiger partial charge in [-0.2, -0.15) is 8.42 Å². The van der Waals surface area contributed by atoms with Crippen LogP contribution in [-0.2, 0) is 10.2 Å². The van der Waals surface area contributed by atoms with Crippen LogP contribution >= 0.6 is 0 Å². The van der Waals surface area contributed by atoms with Gasteiger partial charge in [-0.1, -0.05) is 13.8 Å². The molecule has 0 fully saturated rings. The largest absolute Gasteiger partial charge is 0.330 e. The van der Waals surface area contributed by atoms with Gasteiger partial charge in [0, 0.05) is 13.1 Å². The number of nitrogens with two attached hydrogens (primary N) is 1. The predicted molar refractivity (Wildman–Crippen MR) is 62.7 cm³/mol. The SMILES string of the molecule is CCCNS(=O)(=O)NCCCC(C)CN. The Balaban J connectivity index is 3.57. The van der Waals surface area contributed by atoms with E-state index in [0.717, 1.165) is 19.3 Å². The van der Waals surface area contributed by atoms with Gasteiger partial charge in [0.05, 0.1) is 0 Å². The lowest BCUT2D eigenvalue weighted by atomic mass is 10.1. The van der Waals surface area contributed by atoms with Crippen molar-refractivity contribution in [1.82, 2.24) is 9.44 Å². The van der Waals surface area contributed by atoms with E-state index < -0.39 is 10.2 Å². The van der Waals surface area contributed by atoms with Crippen molar-refractivity contribution in [2.45, 2.75) is 33.1 Å². The van der Waals surface area contributed by atoms with Gasteiger partial charge in [0.25, 0.3) is 10.2 Å². The Morgan fingerprint density at radius 2 is 1.87 bits per heavy atom. The number of hydrogen-bond donors (Lipinski definition) is 3. The van der Waals surface area contributed by atoms with Gasteiger partial charge in [-0.05, 0) is 31.7 Å². The van der Waals surface area contributed by atoms with Crippen molar-refractivity contribution in [2.24, 2.45) is 11.7 Å². The summed E-state index contributed by atoms with van der Waals surface area (Å²) >= 11 is 0. The van der Waals surface area contributed by atoms with Crippen molar-refractivity contribution >= 4 is 10.2 Å². The van der Waals surface area contributed by atoms with Gasteiger partial charge in [0.15, 0.2) is 0 Å². The van der Waals surface area contributed by atoms with E-state index >= 15 is 0 Å². The van der Waals surface area contributed by atoms with Crippen molar-refractivity contribution < 1.29 is 8.42 Å². The minimum Gasteiger partial charge on any atom is -0.330 e. The second kappa shape index (κ2) is 8.04. The molecule has 0 saturated carbocycles. The van der Waals surface area contributed by atoms with E-state index in [2.05, 4.69) is 16.4 Å². The molecule has 0 bridgehead atoms. The topological polar surface area (TPSA) is 84.2 Å². The van der Waals surface area contributed by atoms with E-state index in [-0.39, 0.29) is 0 Å². The Bertz CT molecular complexity index is 242. The molecular weight excluding hydrogens is 214 g/mol. The fourth-order valence-electron chi connectivity index (χ4n) is 1.06. The third-order valence-electron chi connectivity index (χ3n) is 2.11. The molecule has 15 heavy (non-hydrogen) atoms. The van der Waals surface area contributed by atoms with Crippen LogP contribution in [0.15, 0.2) is 0 Å². The van der Waals surface area contributed by atoms with Crippen LogP contribution in [0.3, 0.4) is 0 Å². The summed E-state index contributed by atoms with van der Waals surface area (Å²) in [5.74, 6) is 0.457. The monoisotopic (exact) mass is 237 g/mol. The Morgan fingerprint density at radius 1 is 1.27 bits per heavy atom. The molecule has 1 unspecified atom stereocenters. The molecule has 0 spiro atoms. The molecule has 0 amide bonds. The molecule has 5 nitrogen and oxygen atoms in total. The van der Waals surface area contributed by atoms with Gasteiger partial charge < -0.3 is 5.73 Å². The highest BCUT2D eigenvalue weighted by Crippen LogP contribution is 2.01. The first-order chi connectivity index (χ1) is 7.02. The molecule has 4 N–H and O–H groups in total. The fraction of sp³-hybridized carbons (Fsp3) is 1.00. The van der Waals surface area contributed by atoms with Crippen LogP contribution in [0.4, 0.5) is 0 Å². The normalized spacial score (nSPS) is 14.1. The zero-order valence-electron chi connectivity index (χ0n) is 9.62. The first kappa shape index (κ1) is 14.8. The molecule has 0 aliphatic heterocycles. The van der Waals surface area contributed by atoms with Crippen LogP contribution in [0.1, 0.15) is 33.1 Å². The molecule has 0 rings (SSSR count). The number of hydrogen-bond acceptors (Lipinski definition) is 3. The molecule has 0 aliphatic rings. The maximum Gasteiger partial charge on any atom is 0.276 e. The van der Waals surface area contributed by atoms with E-state index in [1.54, 1.807) is 0 Å². The molecule has 0 saturated heterocycles. The van der Waals surface area contributed by atoms with Gasteiger partial charge in [0.1, 0.15) is 0 Å². The summed E-state index contributed by atoms with van der Waals surface area (Å²) in [5.41, 5.74) is 5.45. The second-order valence-electron chi connectivity index (χ2n) is 3.78. The van der Waals surface area contributed by atoms with Crippen molar-refractivity contribution in [1.29, 1.82) is 0 Å². The van der Waals surface area contributed by atoms with Crippen LogP contribution in [0.5, 0.6) is 0 Å². The maximum atomic E-state index is 11.3. The zero-order valence-corrected chi connectivity index (χ0v) is 10.4. The minimum atomic E-state index is -3.28. The van der Waals surface area contributed by atoms with Crippen molar-refractivity contribution in [3.63, 3.8) is 0 Å². The lowest BCUT2D eigenvalue weighted by Gasteiger charge is -2.09. The van der Waals surface area contributed by atoms with Gasteiger partial charge in [-0.25, -0.2) is 9.44 Å². The zero-order chi connectivity index (χ0) is 11.7. The van der Waals surface area contributed by atoms with Crippen LogP contribution in [-0.4, -0.2) is 28.1 Å². The minimum absolute atomic E-state index is 0.457. The lowest BCUT2D eigenvalue weighted by molar-refractivity contribution is 0.511. The summed E-state index contributed by atoms with van der Waals surface area (Å²) in [4.78, 5) is 0. The van der Waals surface area contributed by atoms with Crippen molar-refractivity contribution in [2.75, 3.05) is 19.6 Å². The summed E-state index contributed by atoms with van der Waals surface area (Å²) in [6.07, 6.45) is 2.57. The average molecular weight is 237 g/mol. The molecule has 6 heteroatoms. The van der Waals surface area contributed by atoms with E-state index in [9.17, 15) is 8.42 Å². The molecule has 0 radical (unpaired) electrons. The fourth-order valence-corrected chi connectivity index (χ4v) is 2.05. The van der Waals surface area contributed by atoms with Gasteiger partial charge >= 0.3 is 0 Å². The smallest absolute Gasteiger partial charge is 0.276 e. The van der Waals surface area contributed by atoms with Crippen LogP contribution < -0.4 is 15.2 Å². The Kier molecular flexibility index (Phi) is 7.95. The first-order valence-electron chi connectivity index (χ1n) is 5.46. The first-order valence-corrected chi connectivity index (χ1v) is 6.94. The standard InChI is InChI=1S/C9H23N3O2S/c1-3-6-11-15(13,14)12-7-4-5-9(2)8-10/h9,11-12H,3-8,10H2,1-2H3. The highest BCUT2D eigenvalue weighted by atomic mass is 32.2. The Hall–Kier alpha value is -0.170. The van der Waals surface area contributed by atoms with Crippen LogP contribution in [0.2, 0.25) is 0 Å². The summed E-state index contributed by atoms with van der Waals surface area (Å²) in [6, 6.07) is 0. The second-order valence-corrected chi connectivity index (χ2v) is 5.36. The van der Waals surface area contributed by atoms with Crippen molar-refractivity contribution in [3.05, 3.63) is 0 Å². The summed E-state index contributed by atoms with van der Waals surface area (Å²) in [6.45, 7) is 5.59. The average Bonchev–Trinajstić information content (AvgIpc) is 2.21. The summed E-state index contributed by atoms with van der Waals surface area (Å²) < 4.78 is 27.5. The molecule has 92 valence electrons. The summed E-state index contributed by atoms with van der Waals surface area (Å²) in [7, 11) is -3.28. The molecule has 0 aromatic heterocycles. The third kappa shape index (κ3) is 8.80. The quantitative estimate of drug-likeness (QED) is 0.501. The van der Waals surface area contributed by atoms with E-state index in [0.29, 0.717) is 25.6 Å². The maximum absolute atomic E-state index is 11.3.